The van der Waals surface area contributed by atoms with Gasteiger partial charge in [-0.3, -0.25) is 0 Å². The average Bonchev–Trinajstić information content (AvgIpc) is 2.05. The predicted molar refractivity (Wildman–Crippen MR) is 50.9 cm³/mol. The molecule has 1 rings (SSSR count). The fourth-order valence-electron chi connectivity index (χ4n) is 2.21. The van der Waals surface area contributed by atoms with Crippen LogP contribution in [0, 0.1) is 22.7 Å². The van der Waals surface area contributed by atoms with Crippen LogP contribution in [-0.4, -0.2) is 6.54 Å². The summed E-state index contributed by atoms with van der Waals surface area (Å²) in [4.78, 5) is 10.1. The van der Waals surface area contributed by atoms with Gasteiger partial charge in [0, 0.05) is 0 Å². The van der Waals surface area contributed by atoms with Crippen LogP contribution in [-0.2, 0) is 0 Å². The highest BCUT2D eigenvalue weighted by molar-refractivity contribution is 4.76. The first-order valence-electron chi connectivity index (χ1n) is 5.03. The monoisotopic (exact) mass is 169 g/mol. The molecular formula is C10H19NO. The molecule has 0 aromatic carbocycles. The molecule has 2 atom stereocenters. The quantitative estimate of drug-likeness (QED) is 0.596. The first-order chi connectivity index (χ1) is 5.74. The lowest BCUT2D eigenvalue weighted by Crippen LogP contribution is -2.21. The van der Waals surface area contributed by atoms with E-state index in [0.717, 1.165) is 11.8 Å². The van der Waals surface area contributed by atoms with E-state index in [2.05, 4.69) is 19.0 Å². The molecule has 1 saturated carbocycles. The van der Waals surface area contributed by atoms with E-state index in [1.165, 1.54) is 25.7 Å². The minimum Gasteiger partial charge on any atom is -0.151 e. The predicted octanol–water partition coefficient (Wildman–Crippen LogP) is 3.22. The Hall–Kier alpha value is -0.400. The Morgan fingerprint density at radius 3 is 2.75 bits per heavy atom. The summed E-state index contributed by atoms with van der Waals surface area (Å²) in [5.74, 6) is 2.20. The van der Waals surface area contributed by atoms with E-state index in [0.29, 0.717) is 12.5 Å². The summed E-state index contributed by atoms with van der Waals surface area (Å²) in [5, 5.41) is 3.00. The summed E-state index contributed by atoms with van der Waals surface area (Å²) in [7, 11) is 0. The molecule has 1 fully saturated rings. The number of nitroso groups, excluding NO2 is 1. The van der Waals surface area contributed by atoms with Crippen molar-refractivity contribution in [3.63, 3.8) is 0 Å². The minimum absolute atomic E-state index is 0.545. The Morgan fingerprint density at radius 1 is 1.42 bits per heavy atom. The molecule has 2 heteroatoms. The van der Waals surface area contributed by atoms with Gasteiger partial charge in [-0.25, -0.2) is 0 Å². The Kier molecular flexibility index (Phi) is 3.70. The molecule has 1 aliphatic carbocycles. The van der Waals surface area contributed by atoms with Gasteiger partial charge in [0.15, 0.2) is 0 Å². The number of rotatable bonds is 3. The molecular weight excluding hydrogens is 150 g/mol. The van der Waals surface area contributed by atoms with Crippen molar-refractivity contribution in [2.75, 3.05) is 6.54 Å². The van der Waals surface area contributed by atoms with E-state index < -0.39 is 0 Å². The standard InChI is InChI=1S/C10H19NO/c1-8(2)10-5-3-4-9(6-10)7-11-12/h8-10H,3-7H2,1-2H3. The van der Waals surface area contributed by atoms with Crippen LogP contribution in [0.25, 0.3) is 0 Å². The summed E-state index contributed by atoms with van der Waals surface area (Å²) in [6.07, 6.45) is 5.09. The molecule has 0 saturated heterocycles. The molecule has 12 heavy (non-hydrogen) atoms. The molecule has 0 spiro atoms. The minimum atomic E-state index is 0.545. The van der Waals surface area contributed by atoms with E-state index >= 15 is 0 Å². The molecule has 0 bridgehead atoms. The van der Waals surface area contributed by atoms with Crippen molar-refractivity contribution in [3.05, 3.63) is 4.91 Å². The second-order valence-electron chi connectivity index (χ2n) is 4.35. The van der Waals surface area contributed by atoms with Crippen molar-refractivity contribution >= 4 is 0 Å². The third kappa shape index (κ3) is 2.58. The second kappa shape index (κ2) is 4.58. The summed E-state index contributed by atoms with van der Waals surface area (Å²) in [5.41, 5.74) is 0. The van der Waals surface area contributed by atoms with Gasteiger partial charge >= 0.3 is 0 Å². The molecule has 0 N–H and O–H groups in total. The SMILES string of the molecule is CC(C)C1CCCC(CN=O)C1. The van der Waals surface area contributed by atoms with Crippen LogP contribution in [0.1, 0.15) is 39.5 Å². The van der Waals surface area contributed by atoms with Crippen LogP contribution < -0.4 is 0 Å². The highest BCUT2D eigenvalue weighted by Gasteiger charge is 2.23. The highest BCUT2D eigenvalue weighted by Crippen LogP contribution is 2.33. The number of nitrogens with zero attached hydrogens (tertiary/aromatic N) is 1. The molecule has 2 nitrogen and oxygen atoms in total. The van der Waals surface area contributed by atoms with Crippen molar-refractivity contribution in [1.82, 2.24) is 0 Å². The zero-order valence-corrected chi connectivity index (χ0v) is 8.12. The first kappa shape index (κ1) is 9.69. The lowest BCUT2D eigenvalue weighted by Gasteiger charge is -2.30. The van der Waals surface area contributed by atoms with Crippen LogP contribution in [0.5, 0.6) is 0 Å². The van der Waals surface area contributed by atoms with Gasteiger partial charge in [-0.15, -0.1) is 0 Å². The molecule has 0 amide bonds. The highest BCUT2D eigenvalue weighted by atomic mass is 16.3. The zero-order valence-electron chi connectivity index (χ0n) is 8.12. The molecule has 0 aromatic rings. The van der Waals surface area contributed by atoms with E-state index in [9.17, 15) is 4.91 Å². The van der Waals surface area contributed by atoms with Crippen molar-refractivity contribution in [3.8, 4) is 0 Å². The Bertz CT molecular complexity index is 145. The molecule has 0 heterocycles. The van der Waals surface area contributed by atoms with Gasteiger partial charge < -0.3 is 0 Å². The largest absolute Gasteiger partial charge is 0.151 e. The molecule has 0 aliphatic heterocycles. The Morgan fingerprint density at radius 2 is 2.17 bits per heavy atom. The van der Waals surface area contributed by atoms with Crippen molar-refractivity contribution < 1.29 is 0 Å². The van der Waals surface area contributed by atoms with Gasteiger partial charge in [0.1, 0.15) is 0 Å². The smallest absolute Gasteiger partial charge is 0.0839 e. The Balaban J connectivity index is 2.34. The third-order valence-electron chi connectivity index (χ3n) is 3.10. The zero-order chi connectivity index (χ0) is 8.97. The third-order valence-corrected chi connectivity index (χ3v) is 3.10. The maximum Gasteiger partial charge on any atom is 0.0839 e. The molecule has 2 unspecified atom stereocenters. The summed E-state index contributed by atoms with van der Waals surface area (Å²) in [6, 6.07) is 0. The molecule has 1 aliphatic rings. The second-order valence-corrected chi connectivity index (χ2v) is 4.35. The van der Waals surface area contributed by atoms with Gasteiger partial charge in [0.2, 0.25) is 0 Å². The number of hydrogen-bond donors (Lipinski definition) is 0. The summed E-state index contributed by atoms with van der Waals surface area (Å²) < 4.78 is 0. The molecule has 0 aromatic heterocycles. The molecule has 70 valence electrons. The lowest BCUT2D eigenvalue weighted by molar-refractivity contribution is 0.219. The van der Waals surface area contributed by atoms with E-state index in [4.69, 9.17) is 0 Å². The number of hydrogen-bond acceptors (Lipinski definition) is 2. The van der Waals surface area contributed by atoms with Crippen LogP contribution in [0.4, 0.5) is 0 Å². The summed E-state index contributed by atoms with van der Waals surface area (Å²) >= 11 is 0. The fourth-order valence-corrected chi connectivity index (χ4v) is 2.21. The van der Waals surface area contributed by atoms with Crippen LogP contribution >= 0.6 is 0 Å². The van der Waals surface area contributed by atoms with E-state index in [-0.39, 0.29) is 0 Å². The Labute approximate surface area is 74.7 Å². The van der Waals surface area contributed by atoms with Crippen LogP contribution in [0.2, 0.25) is 0 Å². The summed E-state index contributed by atoms with van der Waals surface area (Å²) in [6.45, 7) is 5.10. The van der Waals surface area contributed by atoms with E-state index in [1.54, 1.807) is 0 Å². The normalized spacial score (nSPS) is 30.6. The maximum absolute atomic E-state index is 10.1. The lowest BCUT2D eigenvalue weighted by atomic mass is 9.76. The first-order valence-corrected chi connectivity index (χ1v) is 5.03. The maximum atomic E-state index is 10.1. The van der Waals surface area contributed by atoms with Crippen LogP contribution in [0.3, 0.4) is 0 Å². The van der Waals surface area contributed by atoms with Crippen LogP contribution in [0.15, 0.2) is 5.18 Å². The van der Waals surface area contributed by atoms with Gasteiger partial charge in [0.25, 0.3) is 0 Å². The van der Waals surface area contributed by atoms with Gasteiger partial charge in [0.05, 0.1) is 6.54 Å². The van der Waals surface area contributed by atoms with Gasteiger partial charge in [-0.2, -0.15) is 4.91 Å². The van der Waals surface area contributed by atoms with Gasteiger partial charge in [-0.05, 0) is 30.6 Å². The fraction of sp³-hybridized carbons (Fsp3) is 1.00. The topological polar surface area (TPSA) is 29.4 Å². The average molecular weight is 169 g/mol. The van der Waals surface area contributed by atoms with Crippen molar-refractivity contribution in [2.45, 2.75) is 39.5 Å². The molecule has 0 radical (unpaired) electrons. The van der Waals surface area contributed by atoms with E-state index in [1.807, 2.05) is 0 Å². The van der Waals surface area contributed by atoms with Crippen molar-refractivity contribution in [1.29, 1.82) is 0 Å². The van der Waals surface area contributed by atoms with Crippen molar-refractivity contribution in [2.24, 2.45) is 22.9 Å². The van der Waals surface area contributed by atoms with Gasteiger partial charge in [-0.1, -0.05) is 31.9 Å².